The van der Waals surface area contributed by atoms with Crippen molar-refractivity contribution >= 4 is 17.5 Å². The van der Waals surface area contributed by atoms with Crippen molar-refractivity contribution < 1.29 is 4.79 Å². The Kier molecular flexibility index (Phi) is 4.25. The molecule has 92 valence electrons. The maximum absolute atomic E-state index is 11.7. The Morgan fingerprint density at radius 3 is 2.94 bits per heavy atom. The van der Waals surface area contributed by atoms with Crippen LogP contribution in [0.4, 0.5) is 0 Å². The summed E-state index contributed by atoms with van der Waals surface area (Å²) >= 11 is 5.88. The third-order valence-corrected chi connectivity index (χ3v) is 2.62. The molecule has 0 atom stereocenters. The smallest absolute Gasteiger partial charge is 0.271 e. The Morgan fingerprint density at radius 2 is 2.22 bits per heavy atom. The van der Waals surface area contributed by atoms with Crippen LogP contribution >= 0.6 is 11.6 Å². The first-order valence-corrected chi connectivity index (χ1v) is 5.92. The van der Waals surface area contributed by atoms with Crippen molar-refractivity contribution in [3.63, 3.8) is 0 Å². The van der Waals surface area contributed by atoms with Crippen LogP contribution in [0.25, 0.3) is 0 Å². The highest BCUT2D eigenvalue weighted by atomic mass is 35.5. The van der Waals surface area contributed by atoms with Crippen LogP contribution < -0.4 is 5.32 Å². The highest BCUT2D eigenvalue weighted by Crippen LogP contribution is 2.10. The number of hydrogen-bond donors (Lipinski definition) is 1. The summed E-state index contributed by atoms with van der Waals surface area (Å²) in [6, 6.07) is 7.57. The number of hydrogen-bond acceptors (Lipinski definition) is 3. The van der Waals surface area contributed by atoms with Gasteiger partial charge in [-0.05, 0) is 24.1 Å². The van der Waals surface area contributed by atoms with Gasteiger partial charge in [0.1, 0.15) is 5.69 Å². The molecular formula is C13H12ClN3O. The van der Waals surface area contributed by atoms with Gasteiger partial charge in [-0.25, -0.2) is 4.98 Å². The van der Waals surface area contributed by atoms with Crippen molar-refractivity contribution in [2.24, 2.45) is 0 Å². The number of nitrogens with one attached hydrogen (secondary N) is 1. The minimum Gasteiger partial charge on any atom is -0.350 e. The SMILES string of the molecule is O=C(NCCc1cccc(Cl)c1)c1cnccn1. The largest absolute Gasteiger partial charge is 0.350 e. The molecule has 0 fully saturated rings. The Labute approximate surface area is 110 Å². The molecule has 0 spiro atoms. The summed E-state index contributed by atoms with van der Waals surface area (Å²) < 4.78 is 0. The van der Waals surface area contributed by atoms with Crippen LogP contribution in [0, 0.1) is 0 Å². The Balaban J connectivity index is 1.84. The second kappa shape index (κ2) is 6.12. The van der Waals surface area contributed by atoms with Crippen LogP contribution in [0.1, 0.15) is 16.1 Å². The van der Waals surface area contributed by atoms with Gasteiger partial charge in [0.05, 0.1) is 6.20 Å². The molecule has 2 rings (SSSR count). The van der Waals surface area contributed by atoms with Gasteiger partial charge in [-0.3, -0.25) is 9.78 Å². The number of nitrogens with zero attached hydrogens (tertiary/aromatic N) is 2. The van der Waals surface area contributed by atoms with Crippen LogP contribution in [0.15, 0.2) is 42.9 Å². The first-order chi connectivity index (χ1) is 8.75. The van der Waals surface area contributed by atoms with E-state index in [-0.39, 0.29) is 5.91 Å². The van der Waals surface area contributed by atoms with Crippen LogP contribution in [0.5, 0.6) is 0 Å². The molecule has 0 bridgehead atoms. The van der Waals surface area contributed by atoms with Gasteiger partial charge < -0.3 is 5.32 Å². The van der Waals surface area contributed by atoms with E-state index in [1.807, 2.05) is 24.3 Å². The van der Waals surface area contributed by atoms with E-state index in [1.165, 1.54) is 18.6 Å². The maximum Gasteiger partial charge on any atom is 0.271 e. The lowest BCUT2D eigenvalue weighted by Gasteiger charge is -2.04. The quantitative estimate of drug-likeness (QED) is 0.917. The van der Waals surface area contributed by atoms with Crippen molar-refractivity contribution in [1.82, 2.24) is 15.3 Å². The highest BCUT2D eigenvalue weighted by molar-refractivity contribution is 6.30. The molecular weight excluding hydrogens is 250 g/mol. The summed E-state index contributed by atoms with van der Waals surface area (Å²) in [4.78, 5) is 19.4. The first-order valence-electron chi connectivity index (χ1n) is 5.54. The molecule has 4 nitrogen and oxygen atoms in total. The zero-order chi connectivity index (χ0) is 12.8. The predicted molar refractivity (Wildman–Crippen MR) is 69.5 cm³/mol. The third kappa shape index (κ3) is 3.53. The van der Waals surface area contributed by atoms with E-state index in [1.54, 1.807) is 0 Å². The van der Waals surface area contributed by atoms with E-state index in [9.17, 15) is 4.79 Å². The monoisotopic (exact) mass is 261 g/mol. The van der Waals surface area contributed by atoms with Gasteiger partial charge in [0.15, 0.2) is 0 Å². The van der Waals surface area contributed by atoms with Crippen LogP contribution in [0.3, 0.4) is 0 Å². The number of aromatic nitrogens is 2. The van der Waals surface area contributed by atoms with E-state index < -0.39 is 0 Å². The number of benzene rings is 1. The lowest BCUT2D eigenvalue weighted by Crippen LogP contribution is -2.26. The molecule has 1 aromatic heterocycles. The first kappa shape index (κ1) is 12.5. The summed E-state index contributed by atoms with van der Waals surface area (Å²) in [6.07, 6.45) is 5.19. The molecule has 1 aromatic carbocycles. The van der Waals surface area contributed by atoms with Gasteiger partial charge in [0.25, 0.3) is 5.91 Å². The van der Waals surface area contributed by atoms with Crippen molar-refractivity contribution in [3.05, 3.63) is 59.1 Å². The fourth-order valence-corrected chi connectivity index (χ4v) is 1.73. The lowest BCUT2D eigenvalue weighted by molar-refractivity contribution is 0.0949. The van der Waals surface area contributed by atoms with Crippen molar-refractivity contribution in [2.75, 3.05) is 6.54 Å². The van der Waals surface area contributed by atoms with Crippen molar-refractivity contribution in [1.29, 1.82) is 0 Å². The number of carbonyl (C=O) groups excluding carboxylic acids is 1. The molecule has 5 heteroatoms. The zero-order valence-corrected chi connectivity index (χ0v) is 10.4. The third-order valence-electron chi connectivity index (χ3n) is 2.38. The number of rotatable bonds is 4. The molecule has 0 aliphatic carbocycles. The second-order valence-electron chi connectivity index (χ2n) is 3.73. The molecule has 1 heterocycles. The Morgan fingerprint density at radius 1 is 1.33 bits per heavy atom. The molecule has 1 amide bonds. The average molecular weight is 262 g/mol. The van der Waals surface area contributed by atoms with Crippen molar-refractivity contribution in [2.45, 2.75) is 6.42 Å². The predicted octanol–water partition coefficient (Wildman–Crippen LogP) is 2.10. The number of halogens is 1. The molecule has 0 aliphatic rings. The minimum atomic E-state index is -0.217. The molecule has 0 radical (unpaired) electrons. The molecule has 1 N–H and O–H groups in total. The van der Waals surface area contributed by atoms with Gasteiger partial charge in [-0.15, -0.1) is 0 Å². The standard InChI is InChI=1S/C13H12ClN3O/c14-11-3-1-2-10(8-11)4-5-17-13(18)12-9-15-6-7-16-12/h1-3,6-9H,4-5H2,(H,17,18). The fourth-order valence-electron chi connectivity index (χ4n) is 1.52. The molecule has 18 heavy (non-hydrogen) atoms. The van der Waals surface area contributed by atoms with Crippen LogP contribution in [-0.2, 0) is 6.42 Å². The summed E-state index contributed by atoms with van der Waals surface area (Å²) in [5.41, 5.74) is 1.41. The van der Waals surface area contributed by atoms with E-state index in [0.29, 0.717) is 17.3 Å². The van der Waals surface area contributed by atoms with Gasteiger partial charge in [-0.2, -0.15) is 0 Å². The van der Waals surface area contributed by atoms with Crippen molar-refractivity contribution in [3.8, 4) is 0 Å². The maximum atomic E-state index is 11.7. The molecule has 2 aromatic rings. The van der Waals surface area contributed by atoms with Gasteiger partial charge in [-0.1, -0.05) is 23.7 Å². The zero-order valence-electron chi connectivity index (χ0n) is 9.64. The van der Waals surface area contributed by atoms with Crippen LogP contribution in [0.2, 0.25) is 5.02 Å². The highest BCUT2D eigenvalue weighted by Gasteiger charge is 2.05. The normalized spacial score (nSPS) is 10.1. The summed E-state index contributed by atoms with van der Waals surface area (Å²) in [5.74, 6) is -0.217. The summed E-state index contributed by atoms with van der Waals surface area (Å²) in [6.45, 7) is 0.537. The Hall–Kier alpha value is -1.94. The van der Waals surface area contributed by atoms with Gasteiger partial charge >= 0.3 is 0 Å². The topological polar surface area (TPSA) is 54.9 Å². The number of amides is 1. The fraction of sp³-hybridized carbons (Fsp3) is 0.154. The van der Waals surface area contributed by atoms with Crippen LogP contribution in [-0.4, -0.2) is 22.4 Å². The number of carbonyl (C=O) groups is 1. The van der Waals surface area contributed by atoms with E-state index >= 15 is 0 Å². The average Bonchev–Trinajstić information content (AvgIpc) is 2.40. The minimum absolute atomic E-state index is 0.217. The van der Waals surface area contributed by atoms with E-state index in [4.69, 9.17) is 11.6 Å². The lowest BCUT2D eigenvalue weighted by atomic mass is 10.1. The molecule has 0 saturated heterocycles. The van der Waals surface area contributed by atoms with E-state index in [2.05, 4.69) is 15.3 Å². The molecule has 0 saturated carbocycles. The molecule has 0 aliphatic heterocycles. The van der Waals surface area contributed by atoms with Gasteiger partial charge in [0, 0.05) is 24.0 Å². The summed E-state index contributed by atoms with van der Waals surface area (Å²) in [7, 11) is 0. The van der Waals surface area contributed by atoms with Gasteiger partial charge in [0.2, 0.25) is 0 Å². The second-order valence-corrected chi connectivity index (χ2v) is 4.16. The summed E-state index contributed by atoms with van der Waals surface area (Å²) in [5, 5.41) is 3.48. The Bertz CT molecular complexity index is 531. The molecule has 0 unspecified atom stereocenters. The van der Waals surface area contributed by atoms with E-state index in [0.717, 1.165) is 12.0 Å².